The minimum absolute atomic E-state index is 0.183. The van der Waals surface area contributed by atoms with Crippen molar-refractivity contribution in [2.24, 2.45) is 0 Å². The molecule has 2 rings (SSSR count). The molecule has 0 spiro atoms. The third-order valence-corrected chi connectivity index (χ3v) is 3.66. The molecule has 0 radical (unpaired) electrons. The summed E-state index contributed by atoms with van der Waals surface area (Å²) in [6.07, 6.45) is 0. The summed E-state index contributed by atoms with van der Waals surface area (Å²) in [6, 6.07) is 5.01. The molecule has 2 aromatic rings. The number of nitrogens with one attached hydrogen (secondary N) is 1. The van der Waals surface area contributed by atoms with Gasteiger partial charge in [0.25, 0.3) is 0 Å². The van der Waals surface area contributed by atoms with Crippen molar-refractivity contribution < 1.29 is 8.81 Å². The molecule has 0 aliphatic rings. The van der Waals surface area contributed by atoms with Gasteiger partial charge in [0.2, 0.25) is 0 Å². The van der Waals surface area contributed by atoms with Crippen LogP contribution in [-0.4, -0.2) is 7.05 Å². The summed E-state index contributed by atoms with van der Waals surface area (Å²) in [5.74, 6) is 1.54. The molecule has 0 aliphatic heterocycles. The van der Waals surface area contributed by atoms with Gasteiger partial charge in [-0.15, -0.1) is 0 Å². The van der Waals surface area contributed by atoms with Crippen LogP contribution < -0.4 is 5.32 Å². The van der Waals surface area contributed by atoms with Crippen molar-refractivity contribution in [3.05, 3.63) is 57.8 Å². The van der Waals surface area contributed by atoms with E-state index in [1.54, 1.807) is 6.07 Å². The van der Waals surface area contributed by atoms with Gasteiger partial charge in [-0.2, -0.15) is 0 Å². The van der Waals surface area contributed by atoms with E-state index < -0.39 is 0 Å². The van der Waals surface area contributed by atoms with Crippen molar-refractivity contribution >= 4 is 0 Å². The third kappa shape index (κ3) is 2.43. The first-order valence-corrected chi connectivity index (χ1v) is 6.45. The molecule has 0 fully saturated rings. The molecule has 1 heterocycles. The van der Waals surface area contributed by atoms with Crippen LogP contribution in [0.3, 0.4) is 0 Å². The summed E-state index contributed by atoms with van der Waals surface area (Å²) in [6.45, 7) is 7.84. The number of furan rings is 1. The quantitative estimate of drug-likeness (QED) is 0.904. The smallest absolute Gasteiger partial charge is 0.128 e. The van der Waals surface area contributed by atoms with Gasteiger partial charge in [0, 0.05) is 11.1 Å². The Hall–Kier alpha value is -1.61. The van der Waals surface area contributed by atoms with Crippen LogP contribution in [0.4, 0.5) is 4.39 Å². The first-order valence-electron chi connectivity index (χ1n) is 6.45. The topological polar surface area (TPSA) is 25.2 Å². The molecule has 1 aromatic carbocycles. The molecular formula is C16H20FNO. The average Bonchev–Trinajstić information content (AvgIpc) is 2.61. The largest absolute Gasteiger partial charge is 0.466 e. The monoisotopic (exact) mass is 261 g/mol. The van der Waals surface area contributed by atoms with E-state index in [9.17, 15) is 4.39 Å². The maximum atomic E-state index is 14.1. The van der Waals surface area contributed by atoms with E-state index in [1.807, 2.05) is 40.8 Å². The lowest BCUT2D eigenvalue weighted by Crippen LogP contribution is -2.20. The number of benzene rings is 1. The van der Waals surface area contributed by atoms with Crippen LogP contribution in [-0.2, 0) is 0 Å². The number of hydrogen-bond acceptors (Lipinski definition) is 2. The lowest BCUT2D eigenvalue weighted by atomic mass is 9.94. The highest BCUT2D eigenvalue weighted by atomic mass is 19.1. The molecule has 1 aromatic heterocycles. The van der Waals surface area contributed by atoms with Crippen LogP contribution >= 0.6 is 0 Å². The van der Waals surface area contributed by atoms with Crippen molar-refractivity contribution in [1.82, 2.24) is 5.32 Å². The minimum Gasteiger partial charge on any atom is -0.466 e. The molecule has 2 nitrogen and oxygen atoms in total. The van der Waals surface area contributed by atoms with Gasteiger partial charge >= 0.3 is 0 Å². The first-order chi connectivity index (χ1) is 8.95. The first kappa shape index (κ1) is 13.8. The molecule has 1 N–H and O–H groups in total. The van der Waals surface area contributed by atoms with Crippen LogP contribution in [0.25, 0.3) is 0 Å². The summed E-state index contributed by atoms with van der Waals surface area (Å²) in [7, 11) is 1.84. The average molecular weight is 261 g/mol. The molecule has 0 saturated heterocycles. The Morgan fingerprint density at radius 2 is 1.79 bits per heavy atom. The van der Waals surface area contributed by atoms with Crippen molar-refractivity contribution in [2.75, 3.05) is 7.05 Å². The van der Waals surface area contributed by atoms with Gasteiger partial charge in [-0.25, -0.2) is 4.39 Å². The van der Waals surface area contributed by atoms with Crippen LogP contribution in [0.1, 0.15) is 39.8 Å². The van der Waals surface area contributed by atoms with Crippen LogP contribution in [0.2, 0.25) is 0 Å². The zero-order chi connectivity index (χ0) is 14.2. The Morgan fingerprint density at radius 3 is 2.32 bits per heavy atom. The normalized spacial score (nSPS) is 12.7. The highest BCUT2D eigenvalue weighted by Crippen LogP contribution is 2.32. The minimum atomic E-state index is -0.192. The Kier molecular flexibility index (Phi) is 3.76. The Labute approximate surface area is 113 Å². The standard InChI is InChI=1S/C16H20FNO/c1-9-6-7-14(17)13(8-9)16(18-5)15-10(2)11(3)19-12(15)4/h6-8,16,18H,1-5H3. The fraction of sp³-hybridized carbons (Fsp3) is 0.375. The van der Waals surface area contributed by atoms with E-state index in [-0.39, 0.29) is 11.9 Å². The summed E-state index contributed by atoms with van der Waals surface area (Å²) >= 11 is 0. The van der Waals surface area contributed by atoms with E-state index in [4.69, 9.17) is 4.42 Å². The summed E-state index contributed by atoms with van der Waals surface area (Å²) in [4.78, 5) is 0. The van der Waals surface area contributed by atoms with E-state index >= 15 is 0 Å². The van der Waals surface area contributed by atoms with Crippen molar-refractivity contribution in [3.63, 3.8) is 0 Å². The molecule has 102 valence electrons. The number of aryl methyl sites for hydroxylation is 3. The van der Waals surface area contributed by atoms with Gasteiger partial charge in [-0.05, 0) is 46.4 Å². The fourth-order valence-electron chi connectivity index (χ4n) is 2.57. The van der Waals surface area contributed by atoms with Crippen LogP contribution in [0.5, 0.6) is 0 Å². The van der Waals surface area contributed by atoms with Gasteiger partial charge < -0.3 is 9.73 Å². The van der Waals surface area contributed by atoms with Crippen LogP contribution in [0, 0.1) is 33.5 Å². The second-order valence-electron chi connectivity index (χ2n) is 5.00. The summed E-state index contributed by atoms with van der Waals surface area (Å²) in [5, 5.41) is 3.20. The van der Waals surface area contributed by atoms with Gasteiger partial charge in [0.05, 0.1) is 6.04 Å². The zero-order valence-corrected chi connectivity index (χ0v) is 12.1. The maximum absolute atomic E-state index is 14.1. The summed E-state index contributed by atoms with van der Waals surface area (Å²) in [5.41, 5.74) is 3.82. The Bertz CT molecular complexity index is 601. The predicted octanol–water partition coefficient (Wildman–Crippen LogP) is 3.96. The van der Waals surface area contributed by atoms with Crippen molar-refractivity contribution in [2.45, 2.75) is 33.7 Å². The van der Waals surface area contributed by atoms with E-state index in [1.165, 1.54) is 6.07 Å². The van der Waals surface area contributed by atoms with Gasteiger partial charge in [0.1, 0.15) is 17.3 Å². The number of halogens is 1. The maximum Gasteiger partial charge on any atom is 0.128 e. The molecule has 1 atom stereocenters. The Balaban J connectivity index is 2.59. The SMILES string of the molecule is CNC(c1cc(C)ccc1F)c1c(C)oc(C)c1C. The van der Waals surface area contributed by atoms with Gasteiger partial charge in [0.15, 0.2) is 0 Å². The molecule has 0 aliphatic carbocycles. The molecule has 0 bridgehead atoms. The molecular weight excluding hydrogens is 241 g/mol. The molecule has 1 unspecified atom stereocenters. The van der Waals surface area contributed by atoms with Gasteiger partial charge in [-0.1, -0.05) is 17.7 Å². The van der Waals surface area contributed by atoms with Crippen LogP contribution in [0.15, 0.2) is 22.6 Å². The number of hydrogen-bond donors (Lipinski definition) is 1. The lowest BCUT2D eigenvalue weighted by Gasteiger charge is -2.18. The number of rotatable bonds is 3. The zero-order valence-electron chi connectivity index (χ0n) is 12.1. The highest BCUT2D eigenvalue weighted by molar-refractivity contribution is 5.42. The summed E-state index contributed by atoms with van der Waals surface area (Å²) < 4.78 is 19.7. The van der Waals surface area contributed by atoms with E-state index in [2.05, 4.69) is 5.32 Å². The molecule has 19 heavy (non-hydrogen) atoms. The van der Waals surface area contributed by atoms with Crippen molar-refractivity contribution in [3.8, 4) is 0 Å². The lowest BCUT2D eigenvalue weighted by molar-refractivity contribution is 0.494. The predicted molar refractivity (Wildman–Crippen MR) is 75.0 cm³/mol. The second-order valence-corrected chi connectivity index (χ2v) is 5.00. The third-order valence-electron chi connectivity index (χ3n) is 3.66. The fourth-order valence-corrected chi connectivity index (χ4v) is 2.57. The van der Waals surface area contributed by atoms with E-state index in [0.717, 1.165) is 28.2 Å². The molecule has 0 amide bonds. The van der Waals surface area contributed by atoms with Crippen molar-refractivity contribution in [1.29, 1.82) is 0 Å². The molecule has 3 heteroatoms. The second kappa shape index (κ2) is 5.17. The molecule has 0 saturated carbocycles. The Morgan fingerprint density at radius 1 is 1.11 bits per heavy atom. The highest BCUT2D eigenvalue weighted by Gasteiger charge is 2.23. The van der Waals surface area contributed by atoms with E-state index in [0.29, 0.717) is 5.56 Å². The van der Waals surface area contributed by atoms with Gasteiger partial charge in [-0.3, -0.25) is 0 Å².